The Morgan fingerprint density at radius 2 is 1.90 bits per heavy atom. The molecule has 1 heterocycles. The second-order valence-corrected chi connectivity index (χ2v) is 6.53. The lowest BCUT2D eigenvalue weighted by atomic mass is 10.2. The maximum Gasteiger partial charge on any atom is 0.222 e. The first-order valence-electron chi connectivity index (χ1n) is 6.03. The van der Waals surface area contributed by atoms with Gasteiger partial charge in [0.15, 0.2) is 9.84 Å². The number of pyridine rings is 1. The molecule has 106 valence electrons. The molecule has 0 saturated heterocycles. The summed E-state index contributed by atoms with van der Waals surface area (Å²) >= 11 is 0. The van der Waals surface area contributed by atoms with E-state index in [-0.39, 0.29) is 4.90 Å². The molecule has 2 N–H and O–H groups in total. The predicted molar refractivity (Wildman–Crippen MR) is 76.5 cm³/mol. The molecule has 0 aliphatic heterocycles. The van der Waals surface area contributed by atoms with Gasteiger partial charge in [-0.2, -0.15) is 0 Å². The van der Waals surface area contributed by atoms with Crippen LogP contribution >= 0.6 is 0 Å². The zero-order valence-corrected chi connectivity index (χ0v) is 12.1. The van der Waals surface area contributed by atoms with Crippen LogP contribution in [-0.2, 0) is 16.4 Å². The van der Waals surface area contributed by atoms with Crippen molar-refractivity contribution in [1.82, 2.24) is 4.98 Å². The van der Waals surface area contributed by atoms with E-state index in [1.54, 1.807) is 18.3 Å². The first kappa shape index (κ1) is 14.5. The summed E-state index contributed by atoms with van der Waals surface area (Å²) in [7, 11) is -3.19. The molecule has 0 radical (unpaired) electrons. The van der Waals surface area contributed by atoms with Crippen LogP contribution in [0.3, 0.4) is 0 Å². The van der Waals surface area contributed by atoms with Crippen LogP contribution < -0.4 is 10.5 Å². The molecule has 0 saturated carbocycles. The van der Waals surface area contributed by atoms with Gasteiger partial charge in [-0.1, -0.05) is 0 Å². The maximum absolute atomic E-state index is 11.4. The average molecular weight is 292 g/mol. The minimum absolute atomic E-state index is 0.257. The van der Waals surface area contributed by atoms with Crippen molar-refractivity contribution in [3.63, 3.8) is 0 Å². The second-order valence-electron chi connectivity index (χ2n) is 4.52. The fraction of sp³-hybridized carbons (Fsp3) is 0.214. The van der Waals surface area contributed by atoms with Gasteiger partial charge in [0.2, 0.25) is 5.88 Å². The monoisotopic (exact) mass is 292 g/mol. The van der Waals surface area contributed by atoms with E-state index in [2.05, 4.69) is 4.98 Å². The molecule has 0 spiro atoms. The summed E-state index contributed by atoms with van der Waals surface area (Å²) in [5.74, 6) is 1.02. The predicted octanol–water partition coefficient (Wildman–Crippen LogP) is 2.04. The van der Waals surface area contributed by atoms with E-state index in [0.29, 0.717) is 18.2 Å². The Hall–Kier alpha value is -1.92. The second kappa shape index (κ2) is 5.60. The standard InChI is InChI=1S/C14H16N2O3S/c1-10-7-11(8-15)9-16-14(10)19-12-3-5-13(6-4-12)20(2,17)18/h3-7,9H,8,15H2,1-2H3. The number of aromatic nitrogens is 1. The first-order chi connectivity index (χ1) is 9.40. The van der Waals surface area contributed by atoms with Crippen LogP contribution in [-0.4, -0.2) is 19.7 Å². The van der Waals surface area contributed by atoms with Crippen LogP contribution in [0.1, 0.15) is 11.1 Å². The van der Waals surface area contributed by atoms with Gasteiger partial charge in [0.05, 0.1) is 4.90 Å². The smallest absolute Gasteiger partial charge is 0.222 e. The van der Waals surface area contributed by atoms with Crippen LogP contribution in [0.4, 0.5) is 0 Å². The highest BCUT2D eigenvalue weighted by atomic mass is 32.2. The van der Waals surface area contributed by atoms with Gasteiger partial charge in [0.25, 0.3) is 0 Å². The van der Waals surface area contributed by atoms with Crippen molar-refractivity contribution in [1.29, 1.82) is 0 Å². The number of aryl methyl sites for hydroxylation is 1. The zero-order valence-electron chi connectivity index (χ0n) is 11.3. The largest absolute Gasteiger partial charge is 0.439 e. The highest BCUT2D eigenvalue weighted by molar-refractivity contribution is 7.90. The number of nitrogens with two attached hydrogens (primary N) is 1. The van der Waals surface area contributed by atoms with Crippen LogP contribution in [0, 0.1) is 6.92 Å². The Kier molecular flexibility index (Phi) is 4.06. The Bertz CT molecular complexity index is 710. The van der Waals surface area contributed by atoms with Gasteiger partial charge in [-0.05, 0) is 42.8 Å². The van der Waals surface area contributed by atoms with Crippen molar-refractivity contribution >= 4 is 9.84 Å². The van der Waals surface area contributed by atoms with Gasteiger partial charge in [0.1, 0.15) is 5.75 Å². The number of ether oxygens (including phenoxy) is 1. The minimum atomic E-state index is -3.19. The molecular weight excluding hydrogens is 276 g/mol. The normalized spacial score (nSPS) is 11.3. The fourth-order valence-corrected chi connectivity index (χ4v) is 2.34. The molecule has 0 fully saturated rings. The van der Waals surface area contributed by atoms with E-state index >= 15 is 0 Å². The SMILES string of the molecule is Cc1cc(CN)cnc1Oc1ccc(S(C)(=O)=O)cc1. The number of hydrogen-bond acceptors (Lipinski definition) is 5. The van der Waals surface area contributed by atoms with Gasteiger partial charge in [-0.15, -0.1) is 0 Å². The van der Waals surface area contributed by atoms with E-state index in [9.17, 15) is 8.42 Å². The molecule has 0 bridgehead atoms. The Morgan fingerprint density at radius 1 is 1.25 bits per heavy atom. The molecule has 5 nitrogen and oxygen atoms in total. The summed E-state index contributed by atoms with van der Waals surface area (Å²) in [6.07, 6.45) is 2.83. The molecule has 20 heavy (non-hydrogen) atoms. The number of rotatable bonds is 4. The molecule has 1 aromatic carbocycles. The van der Waals surface area contributed by atoms with Crippen LogP contribution in [0.2, 0.25) is 0 Å². The maximum atomic E-state index is 11.4. The Labute approximate surface area is 118 Å². The van der Waals surface area contributed by atoms with Crippen molar-refractivity contribution in [2.45, 2.75) is 18.4 Å². The third kappa shape index (κ3) is 3.34. The summed E-state index contributed by atoms with van der Waals surface area (Å²) in [5, 5.41) is 0. The van der Waals surface area contributed by atoms with Crippen molar-refractivity contribution in [3.05, 3.63) is 47.7 Å². The van der Waals surface area contributed by atoms with Crippen molar-refractivity contribution < 1.29 is 13.2 Å². The van der Waals surface area contributed by atoms with Crippen LogP contribution in [0.5, 0.6) is 11.6 Å². The summed E-state index contributed by atoms with van der Waals surface area (Å²) in [6.45, 7) is 2.31. The minimum Gasteiger partial charge on any atom is -0.439 e. The number of nitrogens with zero attached hydrogens (tertiary/aromatic N) is 1. The summed E-state index contributed by atoms with van der Waals surface area (Å²) in [6, 6.07) is 8.14. The first-order valence-corrected chi connectivity index (χ1v) is 7.93. The highest BCUT2D eigenvalue weighted by Gasteiger charge is 2.08. The molecule has 0 amide bonds. The molecule has 0 unspecified atom stereocenters. The van der Waals surface area contributed by atoms with E-state index < -0.39 is 9.84 Å². The van der Waals surface area contributed by atoms with Gasteiger partial charge in [-0.25, -0.2) is 13.4 Å². The Balaban J connectivity index is 2.22. The third-order valence-corrected chi connectivity index (χ3v) is 3.92. The number of sulfone groups is 1. The van der Waals surface area contributed by atoms with Crippen molar-refractivity contribution in [3.8, 4) is 11.6 Å². The lowest BCUT2D eigenvalue weighted by Gasteiger charge is -2.09. The van der Waals surface area contributed by atoms with Crippen molar-refractivity contribution in [2.24, 2.45) is 5.73 Å². The third-order valence-electron chi connectivity index (χ3n) is 2.79. The lowest BCUT2D eigenvalue weighted by Crippen LogP contribution is -2.00. The van der Waals surface area contributed by atoms with Gasteiger partial charge in [-0.3, -0.25) is 0 Å². The summed E-state index contributed by atoms with van der Waals surface area (Å²) in [5.41, 5.74) is 7.35. The Morgan fingerprint density at radius 3 is 2.40 bits per heavy atom. The molecule has 0 aliphatic carbocycles. The highest BCUT2D eigenvalue weighted by Crippen LogP contribution is 2.24. The summed E-state index contributed by atoms with van der Waals surface area (Å²) in [4.78, 5) is 4.45. The topological polar surface area (TPSA) is 82.3 Å². The summed E-state index contributed by atoms with van der Waals surface area (Å²) < 4.78 is 28.4. The van der Waals surface area contributed by atoms with E-state index in [1.165, 1.54) is 18.4 Å². The number of benzene rings is 1. The van der Waals surface area contributed by atoms with Gasteiger partial charge < -0.3 is 10.5 Å². The average Bonchev–Trinajstić information content (AvgIpc) is 2.40. The van der Waals surface area contributed by atoms with E-state index in [0.717, 1.165) is 11.1 Å². The molecule has 6 heteroatoms. The van der Waals surface area contributed by atoms with Crippen LogP contribution in [0.15, 0.2) is 41.4 Å². The van der Waals surface area contributed by atoms with E-state index in [4.69, 9.17) is 10.5 Å². The van der Waals surface area contributed by atoms with Gasteiger partial charge in [0, 0.05) is 24.6 Å². The molecule has 1 aromatic heterocycles. The fourth-order valence-electron chi connectivity index (χ4n) is 1.71. The molecule has 2 rings (SSSR count). The van der Waals surface area contributed by atoms with Crippen LogP contribution in [0.25, 0.3) is 0 Å². The van der Waals surface area contributed by atoms with Gasteiger partial charge >= 0.3 is 0 Å². The van der Waals surface area contributed by atoms with Crippen molar-refractivity contribution in [2.75, 3.05) is 6.26 Å². The lowest BCUT2D eigenvalue weighted by molar-refractivity contribution is 0.458. The quantitative estimate of drug-likeness (QED) is 0.932. The molecular formula is C14H16N2O3S. The molecule has 0 atom stereocenters. The number of hydrogen-bond donors (Lipinski definition) is 1. The zero-order chi connectivity index (χ0) is 14.8. The molecule has 0 aliphatic rings. The van der Waals surface area contributed by atoms with E-state index in [1.807, 2.05) is 13.0 Å². The molecule has 2 aromatic rings.